The third-order valence-electron chi connectivity index (χ3n) is 2.60. The number of carboxylic acid groups (broad SMARTS) is 1. The summed E-state index contributed by atoms with van der Waals surface area (Å²) in [5.41, 5.74) is 0. The molecule has 112 valence electrons. The Balaban J connectivity index is 3.22. The lowest BCUT2D eigenvalue weighted by molar-refractivity contribution is -0.137. The first-order valence-electron chi connectivity index (χ1n) is 5.85. The van der Waals surface area contributed by atoms with Crippen molar-refractivity contribution in [2.24, 2.45) is 0 Å². The van der Waals surface area contributed by atoms with E-state index in [1.807, 2.05) is 0 Å². The molecule has 1 aromatic carbocycles. The van der Waals surface area contributed by atoms with Gasteiger partial charge in [-0.3, -0.25) is 4.79 Å². The quantitative estimate of drug-likeness (QED) is 0.864. The predicted molar refractivity (Wildman–Crippen MR) is 77.7 cm³/mol. The molecular weight excluding hydrogens is 325 g/mol. The van der Waals surface area contributed by atoms with Gasteiger partial charge in [0.1, 0.15) is 4.90 Å². The van der Waals surface area contributed by atoms with Crippen LogP contribution in [0.4, 0.5) is 0 Å². The Bertz CT molecular complexity index is 601. The fourth-order valence-electron chi connectivity index (χ4n) is 1.66. The molecule has 0 spiro atoms. The lowest BCUT2D eigenvalue weighted by atomic mass is 10.3. The second-order valence-electron chi connectivity index (χ2n) is 4.43. The number of sulfonamides is 1. The Morgan fingerprint density at radius 3 is 2.45 bits per heavy atom. The molecule has 8 heteroatoms. The smallest absolute Gasteiger partial charge is 0.304 e. The van der Waals surface area contributed by atoms with E-state index in [9.17, 15) is 13.2 Å². The van der Waals surface area contributed by atoms with E-state index in [0.29, 0.717) is 0 Å². The SMILES string of the molecule is CC(C)N(CCC(=O)O)S(=O)(=O)c1cc(Cl)ccc1Cl. The number of nitrogens with zero attached hydrogens (tertiary/aromatic N) is 1. The topological polar surface area (TPSA) is 74.7 Å². The van der Waals surface area contributed by atoms with Crippen LogP contribution in [-0.4, -0.2) is 36.4 Å². The highest BCUT2D eigenvalue weighted by molar-refractivity contribution is 7.89. The molecule has 0 bridgehead atoms. The normalized spacial score (nSPS) is 12.1. The molecule has 0 fully saturated rings. The van der Waals surface area contributed by atoms with Crippen molar-refractivity contribution >= 4 is 39.2 Å². The highest BCUT2D eigenvalue weighted by Crippen LogP contribution is 2.28. The van der Waals surface area contributed by atoms with Crippen LogP contribution in [0.3, 0.4) is 0 Å². The van der Waals surface area contributed by atoms with Crippen LogP contribution < -0.4 is 0 Å². The first kappa shape index (κ1) is 17.2. The van der Waals surface area contributed by atoms with Gasteiger partial charge in [-0.15, -0.1) is 0 Å². The van der Waals surface area contributed by atoms with Crippen LogP contribution in [0.15, 0.2) is 23.1 Å². The van der Waals surface area contributed by atoms with E-state index in [2.05, 4.69) is 0 Å². The number of halogens is 2. The highest BCUT2D eigenvalue weighted by Gasteiger charge is 2.29. The van der Waals surface area contributed by atoms with Gasteiger partial charge in [0.05, 0.1) is 11.4 Å². The predicted octanol–water partition coefficient (Wildman–Crippen LogP) is 2.87. The number of hydrogen-bond acceptors (Lipinski definition) is 3. The van der Waals surface area contributed by atoms with Crippen molar-refractivity contribution in [3.05, 3.63) is 28.2 Å². The van der Waals surface area contributed by atoms with Crippen LogP contribution in [0.2, 0.25) is 10.0 Å². The molecule has 20 heavy (non-hydrogen) atoms. The molecule has 0 saturated heterocycles. The minimum Gasteiger partial charge on any atom is -0.481 e. The minimum atomic E-state index is -3.90. The molecule has 0 aliphatic heterocycles. The van der Waals surface area contributed by atoms with Crippen molar-refractivity contribution in [3.8, 4) is 0 Å². The monoisotopic (exact) mass is 339 g/mol. The van der Waals surface area contributed by atoms with Gasteiger partial charge in [-0.2, -0.15) is 4.31 Å². The Labute approximate surface area is 128 Å². The van der Waals surface area contributed by atoms with E-state index < -0.39 is 22.0 Å². The summed E-state index contributed by atoms with van der Waals surface area (Å²) >= 11 is 11.7. The summed E-state index contributed by atoms with van der Waals surface area (Å²) in [6.07, 6.45) is -0.282. The number of benzene rings is 1. The first-order valence-corrected chi connectivity index (χ1v) is 8.04. The van der Waals surface area contributed by atoms with Crippen molar-refractivity contribution in [3.63, 3.8) is 0 Å². The molecular formula is C12H15Cl2NO4S. The van der Waals surface area contributed by atoms with Crippen molar-refractivity contribution in [1.29, 1.82) is 0 Å². The molecule has 0 aromatic heterocycles. The number of aliphatic carboxylic acids is 1. The van der Waals surface area contributed by atoms with Crippen molar-refractivity contribution in [2.45, 2.75) is 31.2 Å². The summed E-state index contributed by atoms with van der Waals surface area (Å²) in [5.74, 6) is -1.07. The van der Waals surface area contributed by atoms with Gasteiger partial charge >= 0.3 is 5.97 Å². The summed E-state index contributed by atoms with van der Waals surface area (Å²) in [5, 5.41) is 9.01. The molecule has 0 saturated carbocycles. The Morgan fingerprint density at radius 1 is 1.35 bits per heavy atom. The largest absolute Gasteiger partial charge is 0.481 e. The van der Waals surface area contributed by atoms with Gasteiger partial charge in [0.25, 0.3) is 0 Å². The van der Waals surface area contributed by atoms with Crippen LogP contribution >= 0.6 is 23.2 Å². The van der Waals surface area contributed by atoms with Crippen molar-refractivity contribution in [1.82, 2.24) is 4.31 Å². The Morgan fingerprint density at radius 2 is 1.95 bits per heavy atom. The van der Waals surface area contributed by atoms with Gasteiger partial charge < -0.3 is 5.11 Å². The molecule has 0 radical (unpaired) electrons. The first-order chi connectivity index (χ1) is 9.16. The zero-order chi connectivity index (χ0) is 15.5. The lowest BCUT2D eigenvalue weighted by Crippen LogP contribution is -2.38. The molecule has 1 aromatic rings. The summed E-state index contributed by atoms with van der Waals surface area (Å²) in [6.45, 7) is 3.20. The van der Waals surface area contributed by atoms with Crippen molar-refractivity contribution < 1.29 is 18.3 Å². The van der Waals surface area contributed by atoms with E-state index in [-0.39, 0.29) is 27.9 Å². The molecule has 5 nitrogen and oxygen atoms in total. The van der Waals surface area contributed by atoms with Crippen LogP contribution in [0.5, 0.6) is 0 Å². The summed E-state index contributed by atoms with van der Waals surface area (Å²) in [7, 11) is -3.90. The van der Waals surface area contributed by atoms with Gasteiger partial charge in [0.15, 0.2) is 0 Å². The zero-order valence-electron chi connectivity index (χ0n) is 11.0. The summed E-state index contributed by atoms with van der Waals surface area (Å²) < 4.78 is 26.2. The summed E-state index contributed by atoms with van der Waals surface area (Å²) in [6, 6.07) is 3.75. The Kier molecular flexibility index (Phi) is 5.82. The van der Waals surface area contributed by atoms with E-state index in [1.165, 1.54) is 18.2 Å². The molecule has 1 rings (SSSR count). The molecule has 0 amide bonds. The Hall–Kier alpha value is -0.820. The van der Waals surface area contributed by atoms with Gasteiger partial charge in [0.2, 0.25) is 10.0 Å². The maximum absolute atomic E-state index is 12.5. The average molecular weight is 340 g/mol. The molecule has 0 atom stereocenters. The standard InChI is InChI=1S/C12H15Cl2NO4S/c1-8(2)15(6-5-12(16)17)20(18,19)11-7-9(13)3-4-10(11)14/h3-4,7-8H,5-6H2,1-2H3,(H,16,17). The van der Waals surface area contributed by atoms with Crippen molar-refractivity contribution in [2.75, 3.05) is 6.54 Å². The van der Waals surface area contributed by atoms with E-state index in [1.54, 1.807) is 13.8 Å². The second-order valence-corrected chi connectivity index (χ2v) is 7.13. The third kappa shape index (κ3) is 4.09. The minimum absolute atomic E-state index is 0.0513. The van der Waals surface area contributed by atoms with E-state index >= 15 is 0 Å². The number of hydrogen-bond donors (Lipinski definition) is 1. The van der Waals surface area contributed by atoms with E-state index in [4.69, 9.17) is 28.3 Å². The number of carbonyl (C=O) groups is 1. The number of carboxylic acids is 1. The zero-order valence-corrected chi connectivity index (χ0v) is 13.3. The van der Waals surface area contributed by atoms with Gasteiger partial charge in [-0.05, 0) is 32.0 Å². The van der Waals surface area contributed by atoms with Gasteiger partial charge in [-0.1, -0.05) is 23.2 Å². The molecule has 0 unspecified atom stereocenters. The van der Waals surface area contributed by atoms with Gasteiger partial charge in [0, 0.05) is 17.6 Å². The van der Waals surface area contributed by atoms with Crippen LogP contribution in [0.25, 0.3) is 0 Å². The maximum atomic E-state index is 12.5. The molecule has 0 aliphatic rings. The average Bonchev–Trinajstić information content (AvgIpc) is 2.31. The molecule has 0 heterocycles. The lowest BCUT2D eigenvalue weighted by Gasteiger charge is -2.25. The summed E-state index contributed by atoms with van der Waals surface area (Å²) in [4.78, 5) is 10.5. The van der Waals surface area contributed by atoms with Crippen LogP contribution in [-0.2, 0) is 14.8 Å². The van der Waals surface area contributed by atoms with Crippen LogP contribution in [0.1, 0.15) is 20.3 Å². The van der Waals surface area contributed by atoms with Crippen LogP contribution in [0, 0.1) is 0 Å². The molecule has 0 aliphatic carbocycles. The number of rotatable bonds is 6. The fourth-order valence-corrected chi connectivity index (χ4v) is 4.04. The highest BCUT2D eigenvalue weighted by atomic mass is 35.5. The second kappa shape index (κ2) is 6.76. The molecule has 1 N–H and O–H groups in total. The van der Waals surface area contributed by atoms with E-state index in [0.717, 1.165) is 4.31 Å². The third-order valence-corrected chi connectivity index (χ3v) is 5.39. The van der Waals surface area contributed by atoms with Gasteiger partial charge in [-0.25, -0.2) is 8.42 Å². The fraction of sp³-hybridized carbons (Fsp3) is 0.417. The maximum Gasteiger partial charge on any atom is 0.304 e.